The van der Waals surface area contributed by atoms with Crippen molar-refractivity contribution in [1.82, 2.24) is 14.9 Å². The summed E-state index contributed by atoms with van der Waals surface area (Å²) in [5, 5.41) is 4.09. The zero-order chi connectivity index (χ0) is 32.3. The minimum Gasteiger partial charge on any atom is -0.495 e. The Labute approximate surface area is 257 Å². The molecule has 1 fully saturated rings. The summed E-state index contributed by atoms with van der Waals surface area (Å²) in [6.45, 7) is 8.01. The normalized spacial score (nSPS) is 16.0. The van der Waals surface area contributed by atoms with E-state index in [1.807, 2.05) is 39.0 Å². The minimum atomic E-state index is -4.51. The Morgan fingerprint density at radius 3 is 2.52 bits per heavy atom. The molecular formula is C33H43F3N6O2. The number of amides is 1. The molecule has 2 aliphatic rings. The molecule has 0 atom stereocenters. The molecule has 8 nitrogen and oxygen atoms in total. The van der Waals surface area contributed by atoms with Crippen molar-refractivity contribution in [2.24, 2.45) is 11.6 Å². The summed E-state index contributed by atoms with van der Waals surface area (Å²) in [5.41, 5.74) is 9.49. The predicted octanol–water partition coefficient (Wildman–Crippen LogP) is 6.74. The number of nitrogens with zero attached hydrogens (tertiary/aromatic N) is 3. The summed E-state index contributed by atoms with van der Waals surface area (Å²) in [4.78, 5) is 19.2. The van der Waals surface area contributed by atoms with Gasteiger partial charge in [0, 0.05) is 36.6 Å². The number of hydrazine groups is 1. The molecule has 0 spiro atoms. The van der Waals surface area contributed by atoms with Crippen LogP contribution in [0, 0.1) is 0 Å². The first-order valence-corrected chi connectivity index (χ1v) is 14.8. The highest BCUT2D eigenvalue weighted by Crippen LogP contribution is 2.33. The molecule has 0 bridgehead atoms. The van der Waals surface area contributed by atoms with Crippen molar-refractivity contribution in [2.75, 3.05) is 25.5 Å². The maximum Gasteiger partial charge on any atom is 0.416 e. The number of carbonyl (C=O) groups is 1. The molecule has 0 saturated carbocycles. The van der Waals surface area contributed by atoms with E-state index in [0.717, 1.165) is 49.6 Å². The highest BCUT2D eigenvalue weighted by molar-refractivity contribution is 5.92. The Bertz CT molecular complexity index is 1410. The van der Waals surface area contributed by atoms with Crippen LogP contribution in [0.4, 0.5) is 18.9 Å². The van der Waals surface area contributed by atoms with Crippen LogP contribution in [0.25, 0.3) is 5.70 Å². The number of methoxy groups -OCH3 is 1. The number of halogens is 3. The van der Waals surface area contributed by atoms with Gasteiger partial charge in [0.15, 0.2) is 0 Å². The Morgan fingerprint density at radius 1 is 1.11 bits per heavy atom. The molecular weight excluding hydrogens is 569 g/mol. The third kappa shape index (κ3) is 9.99. The summed E-state index contributed by atoms with van der Waals surface area (Å²) in [6, 6.07) is 5.53. The second kappa shape index (κ2) is 16.1. The monoisotopic (exact) mass is 612 g/mol. The summed E-state index contributed by atoms with van der Waals surface area (Å²) >= 11 is 0. The van der Waals surface area contributed by atoms with Gasteiger partial charge in [0.1, 0.15) is 5.75 Å². The summed E-state index contributed by atoms with van der Waals surface area (Å²) in [6.07, 6.45) is 9.44. The molecule has 238 valence electrons. The minimum absolute atomic E-state index is 0.0172. The maximum absolute atomic E-state index is 13.6. The molecule has 1 aromatic heterocycles. The number of likely N-dealkylation sites (tertiary alicyclic amines) is 1. The van der Waals surface area contributed by atoms with Gasteiger partial charge in [0.2, 0.25) is 5.91 Å². The Balaban J connectivity index is 0.00000259. The van der Waals surface area contributed by atoms with Gasteiger partial charge in [-0.05, 0) is 74.7 Å². The van der Waals surface area contributed by atoms with E-state index in [9.17, 15) is 18.0 Å². The van der Waals surface area contributed by atoms with Crippen LogP contribution in [0.2, 0.25) is 0 Å². The zero-order valence-corrected chi connectivity index (χ0v) is 25.9. The third-order valence-electron chi connectivity index (χ3n) is 7.22. The average molecular weight is 613 g/mol. The quantitative estimate of drug-likeness (QED) is 0.212. The van der Waals surface area contributed by atoms with Crippen LogP contribution in [-0.4, -0.2) is 41.0 Å². The Hall–Kier alpha value is -4.09. The van der Waals surface area contributed by atoms with Crippen LogP contribution in [0.15, 0.2) is 77.9 Å². The lowest BCUT2D eigenvalue weighted by molar-refractivity contribution is -0.137. The Morgan fingerprint density at radius 2 is 1.84 bits per heavy atom. The van der Waals surface area contributed by atoms with Gasteiger partial charge in [-0.2, -0.15) is 13.2 Å². The fourth-order valence-corrected chi connectivity index (χ4v) is 5.01. The van der Waals surface area contributed by atoms with Crippen LogP contribution in [-0.2, 0) is 17.5 Å². The number of rotatable bonds is 9. The van der Waals surface area contributed by atoms with E-state index < -0.39 is 17.6 Å². The summed E-state index contributed by atoms with van der Waals surface area (Å²) in [7, 11) is 1.54. The number of ether oxygens (including phenoxy) is 1. The van der Waals surface area contributed by atoms with Crippen molar-refractivity contribution in [3.05, 3.63) is 94.6 Å². The van der Waals surface area contributed by atoms with Crippen molar-refractivity contribution >= 4 is 17.3 Å². The first-order chi connectivity index (χ1) is 21.0. The lowest BCUT2D eigenvalue weighted by atomic mass is 10.1. The summed E-state index contributed by atoms with van der Waals surface area (Å²) in [5.74, 6) is 6.48. The van der Waals surface area contributed by atoms with E-state index in [4.69, 9.17) is 16.3 Å². The number of piperidine rings is 1. The van der Waals surface area contributed by atoms with Gasteiger partial charge in [0.25, 0.3) is 0 Å². The number of hydrogen-bond donors (Lipinski definition) is 3. The topological polar surface area (TPSA) is 110 Å². The highest BCUT2D eigenvalue weighted by Gasteiger charge is 2.31. The van der Waals surface area contributed by atoms with Crippen molar-refractivity contribution in [1.29, 1.82) is 0 Å². The number of aromatic nitrogens is 1. The molecule has 2 heterocycles. The fourth-order valence-electron chi connectivity index (χ4n) is 5.01. The molecule has 1 saturated heterocycles. The largest absolute Gasteiger partial charge is 0.495 e. The molecule has 1 aliphatic carbocycles. The van der Waals surface area contributed by atoms with Crippen LogP contribution < -0.4 is 21.6 Å². The van der Waals surface area contributed by atoms with Gasteiger partial charge in [-0.3, -0.25) is 19.7 Å². The van der Waals surface area contributed by atoms with E-state index in [-0.39, 0.29) is 12.1 Å². The summed E-state index contributed by atoms with van der Waals surface area (Å²) < 4.78 is 46.1. The van der Waals surface area contributed by atoms with Gasteiger partial charge in [0.05, 0.1) is 30.3 Å². The second-order valence-electron chi connectivity index (χ2n) is 10.6. The number of benzene rings is 1. The number of hydrogen-bond acceptors (Lipinski definition) is 7. The van der Waals surface area contributed by atoms with Gasteiger partial charge >= 0.3 is 6.18 Å². The molecule has 2 aromatic rings. The third-order valence-corrected chi connectivity index (χ3v) is 7.22. The maximum atomic E-state index is 13.6. The predicted molar refractivity (Wildman–Crippen MR) is 169 cm³/mol. The van der Waals surface area contributed by atoms with Crippen molar-refractivity contribution in [3.63, 3.8) is 0 Å². The number of alkyl halides is 3. The van der Waals surface area contributed by atoms with E-state index in [2.05, 4.69) is 15.2 Å². The van der Waals surface area contributed by atoms with Gasteiger partial charge < -0.3 is 15.8 Å². The van der Waals surface area contributed by atoms with Crippen LogP contribution in [0.1, 0.15) is 69.6 Å². The molecule has 1 amide bonds. The van der Waals surface area contributed by atoms with Gasteiger partial charge in [-0.15, -0.1) is 0 Å². The number of pyridine rings is 1. The van der Waals surface area contributed by atoms with Crippen LogP contribution in [0.5, 0.6) is 5.75 Å². The van der Waals surface area contributed by atoms with E-state index in [1.54, 1.807) is 37.8 Å². The molecule has 0 radical (unpaired) electrons. The van der Waals surface area contributed by atoms with Crippen molar-refractivity contribution in [2.45, 2.75) is 65.6 Å². The van der Waals surface area contributed by atoms with E-state index in [0.29, 0.717) is 41.2 Å². The first kappa shape index (κ1) is 34.4. The lowest BCUT2D eigenvalue weighted by Crippen LogP contribution is -2.29. The smallest absolute Gasteiger partial charge is 0.416 e. The first-order valence-electron chi connectivity index (χ1n) is 14.8. The van der Waals surface area contributed by atoms with Crippen molar-refractivity contribution < 1.29 is 22.7 Å². The lowest BCUT2D eigenvalue weighted by Gasteiger charge is -2.27. The average Bonchev–Trinajstić information content (AvgIpc) is 3.19. The van der Waals surface area contributed by atoms with Gasteiger partial charge in [-0.25, -0.2) is 5.84 Å². The molecule has 1 aliphatic heterocycles. The standard InChI is InChI=1S/C31H37F3N6O2.C2H6/c1-21-6-7-22(8-9-29(21)40(36)20-28(35)24-15-27(42-2)18-37-17-24)14-30(41)38-26-13-23(12-25(16-26)31(32,33)34)19-39-10-4-3-5-11-39;1-2/h6-7,9,12-13,15-18,20H,3-5,8,10-11,14,19,35-36H2,1-2H3,(H,38,41);1-2H3/b28-20-;. The molecule has 11 heteroatoms. The van der Waals surface area contributed by atoms with Crippen LogP contribution in [0.3, 0.4) is 0 Å². The van der Waals surface area contributed by atoms with Gasteiger partial charge in [-0.1, -0.05) is 44.1 Å². The zero-order valence-electron chi connectivity index (χ0n) is 25.9. The number of allylic oxidation sites excluding steroid dienone is 4. The molecule has 1 aromatic carbocycles. The number of nitrogens with one attached hydrogen (secondary N) is 1. The van der Waals surface area contributed by atoms with Crippen molar-refractivity contribution in [3.8, 4) is 5.75 Å². The number of nitrogens with two attached hydrogens (primary N) is 2. The van der Waals surface area contributed by atoms with E-state index in [1.165, 1.54) is 11.1 Å². The molecule has 44 heavy (non-hydrogen) atoms. The van der Waals surface area contributed by atoms with E-state index >= 15 is 0 Å². The molecule has 5 N–H and O–H groups in total. The second-order valence-corrected chi connectivity index (χ2v) is 10.6. The number of carbonyl (C=O) groups excluding carboxylic acids is 1. The Kier molecular flexibility index (Phi) is 12.6. The molecule has 0 unspecified atom stereocenters. The van der Waals surface area contributed by atoms with Crippen LogP contribution >= 0.6 is 0 Å². The highest BCUT2D eigenvalue weighted by atomic mass is 19.4. The SMILES string of the molecule is CC.COc1cncc(/C(N)=C/N(N)C2=CCC(CC(=O)Nc3cc(CN4CCCCC4)cc(C(F)(F)F)c3)=CC=C2C)c1. The number of anilines is 1. The molecule has 4 rings (SSSR count). The fraction of sp³-hybridized carbons (Fsp3) is 0.394.